The molecule has 21 heavy (non-hydrogen) atoms. The lowest BCUT2D eigenvalue weighted by Crippen LogP contribution is -2.32. The lowest BCUT2D eigenvalue weighted by Gasteiger charge is -2.15. The molecule has 2 rings (SSSR count). The Bertz CT molecular complexity index is 531. The van der Waals surface area contributed by atoms with Crippen LogP contribution >= 0.6 is 0 Å². The van der Waals surface area contributed by atoms with Crippen LogP contribution in [0.4, 0.5) is 18.9 Å². The van der Waals surface area contributed by atoms with Gasteiger partial charge in [-0.2, -0.15) is 13.2 Å². The van der Waals surface area contributed by atoms with Crippen molar-refractivity contribution >= 4 is 11.6 Å². The number of hydrogen-bond donors (Lipinski definition) is 2. The van der Waals surface area contributed by atoms with Crippen LogP contribution in [0.2, 0.25) is 0 Å². The van der Waals surface area contributed by atoms with E-state index in [0.717, 1.165) is 18.6 Å². The molecule has 7 heteroatoms. The Morgan fingerprint density at radius 2 is 2.19 bits per heavy atom. The Morgan fingerprint density at radius 3 is 2.76 bits per heavy atom. The van der Waals surface area contributed by atoms with Gasteiger partial charge in [-0.1, -0.05) is 0 Å². The van der Waals surface area contributed by atoms with Crippen LogP contribution in [0.25, 0.3) is 0 Å². The van der Waals surface area contributed by atoms with Crippen LogP contribution in [-0.2, 0) is 10.9 Å². The largest absolute Gasteiger partial charge is 0.418 e. The summed E-state index contributed by atoms with van der Waals surface area (Å²) in [5.41, 5.74) is 3.86. The molecular weight excluding hydrogens is 285 g/mol. The Kier molecular flexibility index (Phi) is 4.41. The van der Waals surface area contributed by atoms with E-state index in [4.69, 9.17) is 10.5 Å². The standard InChI is InChI=1S/C14H17F3N2O2/c1-8-10(4-5-21-8)7-19-13(20)9-2-3-12(18)11(6-9)14(15,16)17/h2-3,6,8,10H,4-5,7,18H2,1H3,(H,19,20). The first-order chi connectivity index (χ1) is 9.79. The number of carbonyl (C=O) groups excluding carboxylic acids is 1. The van der Waals surface area contributed by atoms with Gasteiger partial charge in [0.05, 0.1) is 11.7 Å². The smallest absolute Gasteiger partial charge is 0.398 e. The van der Waals surface area contributed by atoms with E-state index in [1.807, 2.05) is 6.92 Å². The number of halogens is 3. The molecule has 0 bridgehead atoms. The number of rotatable bonds is 3. The number of hydrogen-bond acceptors (Lipinski definition) is 3. The number of nitrogens with two attached hydrogens (primary N) is 1. The summed E-state index contributed by atoms with van der Waals surface area (Å²) in [4.78, 5) is 11.9. The first-order valence-electron chi connectivity index (χ1n) is 6.65. The van der Waals surface area contributed by atoms with Crippen LogP contribution in [0, 0.1) is 5.92 Å². The van der Waals surface area contributed by atoms with Gasteiger partial charge in [0.1, 0.15) is 0 Å². The Labute approximate surface area is 120 Å². The zero-order valence-corrected chi connectivity index (χ0v) is 11.5. The SMILES string of the molecule is CC1OCCC1CNC(=O)c1ccc(N)c(C(F)(F)F)c1. The molecular formula is C14H17F3N2O2. The predicted molar refractivity (Wildman–Crippen MR) is 71.7 cm³/mol. The highest BCUT2D eigenvalue weighted by atomic mass is 19.4. The van der Waals surface area contributed by atoms with E-state index in [9.17, 15) is 18.0 Å². The molecule has 1 aromatic rings. The monoisotopic (exact) mass is 302 g/mol. The van der Waals surface area contributed by atoms with E-state index in [1.54, 1.807) is 0 Å². The molecule has 1 aromatic carbocycles. The molecule has 3 N–H and O–H groups in total. The van der Waals surface area contributed by atoms with Gasteiger partial charge in [0, 0.05) is 30.3 Å². The fourth-order valence-electron chi connectivity index (χ4n) is 2.31. The van der Waals surface area contributed by atoms with E-state index in [1.165, 1.54) is 6.07 Å². The molecule has 0 aromatic heterocycles. The van der Waals surface area contributed by atoms with Gasteiger partial charge in [0.15, 0.2) is 0 Å². The minimum absolute atomic E-state index is 0.0439. The average Bonchev–Trinajstić information content (AvgIpc) is 2.80. The molecule has 1 aliphatic rings. The molecule has 0 aliphatic carbocycles. The molecule has 1 fully saturated rings. The fraction of sp³-hybridized carbons (Fsp3) is 0.500. The second kappa shape index (κ2) is 5.93. The van der Waals surface area contributed by atoms with E-state index in [-0.39, 0.29) is 17.6 Å². The van der Waals surface area contributed by atoms with Crippen LogP contribution in [0.15, 0.2) is 18.2 Å². The summed E-state index contributed by atoms with van der Waals surface area (Å²) in [5.74, 6) is -0.357. The zero-order chi connectivity index (χ0) is 15.6. The van der Waals surface area contributed by atoms with Crippen molar-refractivity contribution in [3.05, 3.63) is 29.3 Å². The number of carbonyl (C=O) groups is 1. The topological polar surface area (TPSA) is 64.3 Å². The third-order valence-electron chi connectivity index (χ3n) is 3.68. The van der Waals surface area contributed by atoms with Gasteiger partial charge in [-0.05, 0) is 31.5 Å². The summed E-state index contributed by atoms with van der Waals surface area (Å²) in [6, 6.07) is 3.16. The van der Waals surface area contributed by atoms with Gasteiger partial charge in [-0.15, -0.1) is 0 Å². The van der Waals surface area contributed by atoms with Crippen molar-refractivity contribution in [2.75, 3.05) is 18.9 Å². The molecule has 0 saturated carbocycles. The van der Waals surface area contributed by atoms with Crippen molar-refractivity contribution in [1.82, 2.24) is 5.32 Å². The second-order valence-electron chi connectivity index (χ2n) is 5.13. The number of anilines is 1. The molecule has 1 amide bonds. The van der Waals surface area contributed by atoms with Crippen molar-refractivity contribution < 1.29 is 22.7 Å². The van der Waals surface area contributed by atoms with Crippen LogP contribution in [0.1, 0.15) is 29.3 Å². The molecule has 1 heterocycles. The van der Waals surface area contributed by atoms with Gasteiger partial charge < -0.3 is 15.8 Å². The number of benzene rings is 1. The van der Waals surface area contributed by atoms with Crippen molar-refractivity contribution in [2.45, 2.75) is 25.6 Å². The number of nitrogen functional groups attached to an aromatic ring is 1. The highest BCUT2D eigenvalue weighted by molar-refractivity contribution is 5.94. The lowest BCUT2D eigenvalue weighted by atomic mass is 10.0. The van der Waals surface area contributed by atoms with E-state index in [0.29, 0.717) is 13.2 Å². The predicted octanol–water partition coefficient (Wildman–Crippen LogP) is 2.44. The quantitative estimate of drug-likeness (QED) is 0.843. The van der Waals surface area contributed by atoms with Crippen molar-refractivity contribution in [3.63, 3.8) is 0 Å². The highest BCUT2D eigenvalue weighted by Crippen LogP contribution is 2.34. The zero-order valence-electron chi connectivity index (χ0n) is 11.5. The van der Waals surface area contributed by atoms with Crippen molar-refractivity contribution in [1.29, 1.82) is 0 Å². The fourth-order valence-corrected chi connectivity index (χ4v) is 2.31. The molecule has 2 atom stereocenters. The number of nitrogens with one attached hydrogen (secondary N) is 1. The van der Waals surface area contributed by atoms with E-state index >= 15 is 0 Å². The van der Waals surface area contributed by atoms with Gasteiger partial charge >= 0.3 is 6.18 Å². The van der Waals surface area contributed by atoms with Gasteiger partial charge in [0.2, 0.25) is 0 Å². The first-order valence-corrected chi connectivity index (χ1v) is 6.65. The van der Waals surface area contributed by atoms with E-state index < -0.39 is 23.3 Å². The third kappa shape index (κ3) is 3.66. The molecule has 116 valence electrons. The van der Waals surface area contributed by atoms with Crippen LogP contribution in [-0.4, -0.2) is 25.2 Å². The molecule has 0 spiro atoms. The summed E-state index contributed by atoms with van der Waals surface area (Å²) in [5, 5.41) is 2.64. The summed E-state index contributed by atoms with van der Waals surface area (Å²) >= 11 is 0. The first kappa shape index (κ1) is 15.6. The normalized spacial score (nSPS) is 22.3. The maximum absolute atomic E-state index is 12.7. The third-order valence-corrected chi connectivity index (χ3v) is 3.68. The molecule has 1 saturated heterocycles. The Balaban J connectivity index is 2.06. The van der Waals surface area contributed by atoms with Gasteiger partial charge in [-0.25, -0.2) is 0 Å². The highest BCUT2D eigenvalue weighted by Gasteiger charge is 2.33. The molecule has 0 radical (unpaired) electrons. The maximum atomic E-state index is 12.7. The number of alkyl halides is 3. The molecule has 1 aliphatic heterocycles. The minimum atomic E-state index is -4.58. The average molecular weight is 302 g/mol. The van der Waals surface area contributed by atoms with Crippen LogP contribution < -0.4 is 11.1 Å². The van der Waals surface area contributed by atoms with Crippen LogP contribution in [0.3, 0.4) is 0 Å². The number of amides is 1. The van der Waals surface area contributed by atoms with E-state index in [2.05, 4.69) is 5.32 Å². The summed E-state index contributed by atoms with van der Waals surface area (Å²) in [7, 11) is 0. The van der Waals surface area contributed by atoms with Crippen LogP contribution in [0.5, 0.6) is 0 Å². The lowest BCUT2D eigenvalue weighted by molar-refractivity contribution is -0.136. The molecule has 4 nitrogen and oxygen atoms in total. The summed E-state index contributed by atoms with van der Waals surface area (Å²) in [6.07, 6.45) is -3.70. The second-order valence-corrected chi connectivity index (χ2v) is 5.13. The van der Waals surface area contributed by atoms with Gasteiger partial charge in [0.25, 0.3) is 5.91 Å². The Morgan fingerprint density at radius 1 is 1.48 bits per heavy atom. The van der Waals surface area contributed by atoms with Crippen molar-refractivity contribution in [2.24, 2.45) is 5.92 Å². The minimum Gasteiger partial charge on any atom is -0.398 e. The molecule has 2 unspecified atom stereocenters. The summed E-state index contributed by atoms with van der Waals surface area (Å²) in [6.45, 7) is 2.93. The van der Waals surface area contributed by atoms with Crippen molar-refractivity contribution in [3.8, 4) is 0 Å². The summed E-state index contributed by atoms with van der Waals surface area (Å²) < 4.78 is 43.6. The number of ether oxygens (including phenoxy) is 1. The maximum Gasteiger partial charge on any atom is 0.418 e. The van der Waals surface area contributed by atoms with Gasteiger partial charge in [-0.3, -0.25) is 4.79 Å². The Hall–Kier alpha value is -1.76.